The summed E-state index contributed by atoms with van der Waals surface area (Å²) in [5, 5.41) is 0.708. The van der Waals surface area contributed by atoms with Crippen LogP contribution in [0.2, 0.25) is 5.02 Å². The summed E-state index contributed by atoms with van der Waals surface area (Å²) in [6.45, 7) is 2.34. The van der Waals surface area contributed by atoms with Crippen molar-refractivity contribution >= 4 is 17.6 Å². The second kappa shape index (κ2) is 10.1. The third-order valence-electron chi connectivity index (χ3n) is 6.78. The second-order valence-electron chi connectivity index (χ2n) is 9.10. The number of carbonyl (C=O) groups is 1. The molecule has 1 fully saturated rings. The van der Waals surface area contributed by atoms with Crippen molar-refractivity contribution in [3.05, 3.63) is 76.6 Å². The van der Waals surface area contributed by atoms with Crippen LogP contribution in [0.25, 0.3) is 11.4 Å². The fourth-order valence-electron chi connectivity index (χ4n) is 4.77. The lowest BCUT2D eigenvalue weighted by Crippen LogP contribution is -2.47. The van der Waals surface area contributed by atoms with E-state index in [9.17, 15) is 4.79 Å². The normalized spacial score (nSPS) is 19.7. The van der Waals surface area contributed by atoms with Crippen LogP contribution in [0.5, 0.6) is 5.75 Å². The van der Waals surface area contributed by atoms with Gasteiger partial charge in [-0.2, -0.15) is 0 Å². The number of ether oxygens (including phenoxy) is 2. The van der Waals surface area contributed by atoms with E-state index in [1.807, 2.05) is 54.7 Å². The lowest BCUT2D eigenvalue weighted by atomic mass is 9.77. The van der Waals surface area contributed by atoms with Crippen LogP contribution >= 0.6 is 11.6 Å². The molecule has 2 heterocycles. The summed E-state index contributed by atoms with van der Waals surface area (Å²) in [6, 6.07) is 16.1. The third kappa shape index (κ3) is 5.24. The summed E-state index contributed by atoms with van der Waals surface area (Å²) in [5.41, 5.74) is 4.34. The number of hydrogen-bond acceptors (Lipinski definition) is 6. The van der Waals surface area contributed by atoms with Crippen LogP contribution in [0.15, 0.2) is 54.7 Å². The molecule has 0 spiro atoms. The van der Waals surface area contributed by atoms with E-state index in [1.165, 1.54) is 12.7 Å². The Morgan fingerprint density at radius 2 is 2.00 bits per heavy atom. The van der Waals surface area contributed by atoms with Crippen LogP contribution in [0, 0.1) is 5.92 Å². The standard InChI is InChI=1S/C27H28ClN3O3/c1-33-26(32)14-19-12-23(13-19)31-10-9-25-21(16-31)15-29-27(30-25)20-5-7-24(8-6-20)34-17-18-3-2-4-22(28)11-18/h2-8,11,15,19,23H,9-10,12-14,16-17H2,1H3. The molecule has 1 aliphatic heterocycles. The summed E-state index contributed by atoms with van der Waals surface area (Å²) < 4.78 is 10.7. The van der Waals surface area contributed by atoms with Crippen molar-refractivity contribution in [2.45, 2.75) is 44.9 Å². The maximum atomic E-state index is 11.5. The smallest absolute Gasteiger partial charge is 0.305 e. The molecule has 7 heteroatoms. The number of halogens is 1. The lowest BCUT2D eigenvalue weighted by Gasteiger charge is -2.44. The Hall–Kier alpha value is -2.96. The minimum absolute atomic E-state index is 0.103. The predicted molar refractivity (Wildman–Crippen MR) is 131 cm³/mol. The predicted octanol–water partition coefficient (Wildman–Crippen LogP) is 5.08. The van der Waals surface area contributed by atoms with Gasteiger partial charge in [0.15, 0.2) is 5.82 Å². The van der Waals surface area contributed by atoms with Gasteiger partial charge in [-0.05, 0) is 60.7 Å². The Balaban J connectivity index is 1.17. The van der Waals surface area contributed by atoms with Gasteiger partial charge in [-0.15, -0.1) is 0 Å². The quantitative estimate of drug-likeness (QED) is 0.442. The van der Waals surface area contributed by atoms with Crippen molar-refractivity contribution in [3.63, 3.8) is 0 Å². The molecule has 1 aromatic heterocycles. The van der Waals surface area contributed by atoms with Crippen molar-refractivity contribution in [1.29, 1.82) is 0 Å². The first-order valence-electron chi connectivity index (χ1n) is 11.7. The molecule has 0 atom stereocenters. The second-order valence-corrected chi connectivity index (χ2v) is 9.54. The van der Waals surface area contributed by atoms with Crippen molar-refractivity contribution < 1.29 is 14.3 Å². The molecular formula is C27H28ClN3O3. The summed E-state index contributed by atoms with van der Waals surface area (Å²) >= 11 is 6.04. The number of fused-ring (bicyclic) bond motifs is 1. The monoisotopic (exact) mass is 477 g/mol. The summed E-state index contributed by atoms with van der Waals surface area (Å²) in [4.78, 5) is 23.5. The number of nitrogens with zero attached hydrogens (tertiary/aromatic N) is 3. The number of rotatable bonds is 7. The molecule has 6 nitrogen and oxygen atoms in total. The number of carbonyl (C=O) groups excluding carboxylic acids is 1. The average Bonchev–Trinajstić information content (AvgIpc) is 2.84. The molecule has 1 saturated carbocycles. The molecule has 0 amide bonds. The highest BCUT2D eigenvalue weighted by atomic mass is 35.5. The van der Waals surface area contributed by atoms with E-state index in [2.05, 4.69) is 9.88 Å². The van der Waals surface area contributed by atoms with E-state index < -0.39 is 0 Å². The topological polar surface area (TPSA) is 64.5 Å². The molecule has 5 rings (SSSR count). The highest BCUT2D eigenvalue weighted by Crippen LogP contribution is 2.36. The zero-order valence-corrected chi connectivity index (χ0v) is 20.0. The Morgan fingerprint density at radius 3 is 2.76 bits per heavy atom. The zero-order chi connectivity index (χ0) is 23.5. The molecule has 0 saturated heterocycles. The van der Waals surface area contributed by atoms with E-state index in [4.69, 9.17) is 26.1 Å². The minimum Gasteiger partial charge on any atom is -0.489 e. The van der Waals surface area contributed by atoms with Gasteiger partial charge < -0.3 is 9.47 Å². The fourth-order valence-corrected chi connectivity index (χ4v) is 4.98. The number of methoxy groups -OCH3 is 1. The van der Waals surface area contributed by atoms with Gasteiger partial charge in [-0.1, -0.05) is 23.7 Å². The van der Waals surface area contributed by atoms with Gasteiger partial charge in [-0.25, -0.2) is 9.97 Å². The number of esters is 1. The largest absolute Gasteiger partial charge is 0.489 e. The first-order chi connectivity index (χ1) is 16.6. The van der Waals surface area contributed by atoms with Crippen LogP contribution < -0.4 is 4.74 Å². The van der Waals surface area contributed by atoms with Gasteiger partial charge in [0.25, 0.3) is 0 Å². The first-order valence-corrected chi connectivity index (χ1v) is 12.1. The third-order valence-corrected chi connectivity index (χ3v) is 7.02. The summed E-state index contributed by atoms with van der Waals surface area (Å²) in [7, 11) is 1.46. The number of aromatic nitrogens is 2. The molecule has 34 heavy (non-hydrogen) atoms. The van der Waals surface area contributed by atoms with Crippen LogP contribution in [0.3, 0.4) is 0 Å². The molecular weight excluding hydrogens is 450 g/mol. The van der Waals surface area contributed by atoms with E-state index in [1.54, 1.807) is 0 Å². The Morgan fingerprint density at radius 1 is 1.18 bits per heavy atom. The fraction of sp³-hybridized carbons (Fsp3) is 0.370. The van der Waals surface area contributed by atoms with Crippen LogP contribution in [0.4, 0.5) is 0 Å². The van der Waals surface area contributed by atoms with Gasteiger partial charge in [0.05, 0.1) is 12.8 Å². The van der Waals surface area contributed by atoms with Crippen molar-refractivity contribution in [2.75, 3.05) is 13.7 Å². The van der Waals surface area contributed by atoms with Gasteiger partial charge >= 0.3 is 5.97 Å². The Kier molecular flexibility index (Phi) is 6.79. The van der Waals surface area contributed by atoms with Crippen LogP contribution in [-0.2, 0) is 29.1 Å². The molecule has 0 N–H and O–H groups in total. The highest BCUT2D eigenvalue weighted by Gasteiger charge is 2.36. The van der Waals surface area contributed by atoms with Crippen molar-refractivity contribution in [3.8, 4) is 17.1 Å². The molecule has 2 aliphatic rings. The van der Waals surface area contributed by atoms with Crippen LogP contribution in [0.1, 0.15) is 36.1 Å². The van der Waals surface area contributed by atoms with Crippen molar-refractivity contribution in [1.82, 2.24) is 14.9 Å². The average molecular weight is 478 g/mol. The number of benzene rings is 2. The van der Waals surface area contributed by atoms with E-state index >= 15 is 0 Å². The Bertz CT molecular complexity index is 1160. The van der Waals surface area contributed by atoms with Gasteiger partial charge in [-0.3, -0.25) is 9.69 Å². The maximum Gasteiger partial charge on any atom is 0.305 e. The van der Waals surface area contributed by atoms with E-state index in [0.717, 1.165) is 60.7 Å². The van der Waals surface area contributed by atoms with Gasteiger partial charge in [0.2, 0.25) is 0 Å². The van der Waals surface area contributed by atoms with Crippen LogP contribution in [-0.4, -0.2) is 40.5 Å². The van der Waals surface area contributed by atoms with E-state index in [-0.39, 0.29) is 5.97 Å². The molecule has 0 bridgehead atoms. The molecule has 1 aliphatic carbocycles. The summed E-state index contributed by atoms with van der Waals surface area (Å²) in [6.07, 6.45) is 5.56. The van der Waals surface area contributed by atoms with E-state index in [0.29, 0.717) is 30.0 Å². The Labute approximate surface area is 204 Å². The SMILES string of the molecule is COC(=O)CC1CC(N2CCc3nc(-c4ccc(OCc5cccc(Cl)c5)cc4)ncc3C2)C1. The highest BCUT2D eigenvalue weighted by molar-refractivity contribution is 6.30. The van der Waals surface area contributed by atoms with Crippen molar-refractivity contribution in [2.24, 2.45) is 5.92 Å². The van der Waals surface area contributed by atoms with Gasteiger partial charge in [0.1, 0.15) is 12.4 Å². The molecule has 2 aromatic carbocycles. The molecule has 0 radical (unpaired) electrons. The molecule has 0 unspecified atom stereocenters. The maximum absolute atomic E-state index is 11.5. The summed E-state index contributed by atoms with van der Waals surface area (Å²) in [5.74, 6) is 1.89. The number of hydrogen-bond donors (Lipinski definition) is 0. The first kappa shape index (κ1) is 22.8. The van der Waals surface area contributed by atoms with Gasteiger partial charge in [0, 0.05) is 54.3 Å². The minimum atomic E-state index is -0.103. The lowest BCUT2D eigenvalue weighted by molar-refractivity contribution is -0.143. The molecule has 176 valence electrons. The zero-order valence-electron chi connectivity index (χ0n) is 19.2. The molecule has 3 aromatic rings.